The molecule has 0 amide bonds. The number of halogens is 3. The Morgan fingerprint density at radius 2 is 2.06 bits per heavy atom. The zero-order valence-electron chi connectivity index (χ0n) is 8.76. The lowest BCUT2D eigenvalue weighted by atomic mass is 10.4. The van der Waals surface area contributed by atoms with Gasteiger partial charge in [-0.25, -0.2) is 0 Å². The number of nitrogens with one attached hydrogen (secondary N) is 2. The first-order valence-electron chi connectivity index (χ1n) is 4.85. The average Bonchev–Trinajstić information content (AvgIpc) is 2.61. The van der Waals surface area contributed by atoms with Gasteiger partial charge in [-0.15, -0.1) is 5.10 Å². The van der Waals surface area contributed by atoms with E-state index in [-0.39, 0.29) is 12.6 Å². The van der Waals surface area contributed by atoms with E-state index < -0.39 is 12.6 Å². The first kappa shape index (κ1) is 12.8. The Morgan fingerprint density at radius 3 is 2.69 bits per heavy atom. The third kappa shape index (κ3) is 4.96. The van der Waals surface area contributed by atoms with Crippen molar-refractivity contribution in [3.05, 3.63) is 5.89 Å². The second-order valence-corrected chi connectivity index (χ2v) is 3.07. The van der Waals surface area contributed by atoms with Crippen LogP contribution in [0.25, 0.3) is 0 Å². The van der Waals surface area contributed by atoms with Gasteiger partial charge in [-0.05, 0) is 6.54 Å². The summed E-state index contributed by atoms with van der Waals surface area (Å²) >= 11 is 0. The van der Waals surface area contributed by atoms with Crippen LogP contribution in [0.1, 0.15) is 19.2 Å². The molecule has 0 unspecified atom stereocenters. The molecule has 0 saturated heterocycles. The fraction of sp³-hybridized carbons (Fsp3) is 0.750. The second-order valence-electron chi connectivity index (χ2n) is 3.07. The number of hydrogen-bond acceptors (Lipinski definition) is 5. The van der Waals surface area contributed by atoms with Gasteiger partial charge in [0.1, 0.15) is 0 Å². The van der Waals surface area contributed by atoms with Crippen molar-refractivity contribution in [2.45, 2.75) is 26.1 Å². The molecule has 0 atom stereocenters. The minimum Gasteiger partial charge on any atom is -0.407 e. The summed E-state index contributed by atoms with van der Waals surface area (Å²) in [5, 5.41) is 12.6. The van der Waals surface area contributed by atoms with E-state index in [0.29, 0.717) is 12.4 Å². The number of aromatic nitrogens is 2. The van der Waals surface area contributed by atoms with E-state index in [0.717, 1.165) is 6.54 Å². The fourth-order valence-electron chi connectivity index (χ4n) is 0.940. The van der Waals surface area contributed by atoms with Gasteiger partial charge < -0.3 is 15.1 Å². The predicted octanol–water partition coefficient (Wildman–Crippen LogP) is 1.54. The number of rotatable bonds is 6. The number of nitrogens with zero attached hydrogens (tertiary/aromatic N) is 2. The summed E-state index contributed by atoms with van der Waals surface area (Å²) in [6.45, 7) is 2.80. The Morgan fingerprint density at radius 1 is 1.31 bits per heavy atom. The van der Waals surface area contributed by atoms with Crippen molar-refractivity contribution >= 4 is 6.01 Å². The van der Waals surface area contributed by atoms with Crippen molar-refractivity contribution < 1.29 is 17.6 Å². The lowest BCUT2D eigenvalue weighted by Crippen LogP contribution is -2.14. The van der Waals surface area contributed by atoms with Crippen LogP contribution >= 0.6 is 0 Å². The maximum absolute atomic E-state index is 11.8. The summed E-state index contributed by atoms with van der Waals surface area (Å²) < 4.78 is 40.5. The summed E-state index contributed by atoms with van der Waals surface area (Å²) in [4.78, 5) is 0. The number of hydrogen-bond donors (Lipinski definition) is 2. The highest BCUT2D eigenvalue weighted by atomic mass is 19.4. The highest BCUT2D eigenvalue weighted by molar-refractivity contribution is 5.16. The van der Waals surface area contributed by atoms with E-state index >= 15 is 0 Å². The molecule has 0 aliphatic rings. The molecule has 0 bridgehead atoms. The molecule has 8 heteroatoms. The first-order chi connectivity index (χ1) is 7.51. The molecule has 1 heterocycles. The van der Waals surface area contributed by atoms with Crippen molar-refractivity contribution in [1.82, 2.24) is 15.5 Å². The maximum atomic E-state index is 11.8. The van der Waals surface area contributed by atoms with E-state index in [1.165, 1.54) is 0 Å². The Balaban J connectivity index is 2.29. The molecule has 0 saturated carbocycles. The lowest BCUT2D eigenvalue weighted by molar-refractivity contribution is -0.131. The van der Waals surface area contributed by atoms with Gasteiger partial charge >= 0.3 is 12.2 Å². The van der Waals surface area contributed by atoms with Crippen LogP contribution in [0.4, 0.5) is 19.2 Å². The lowest BCUT2D eigenvalue weighted by Gasteiger charge is -2.05. The molecule has 0 spiro atoms. The van der Waals surface area contributed by atoms with Gasteiger partial charge in [0, 0.05) is 6.54 Å². The Kier molecular flexibility index (Phi) is 4.53. The standard InChI is InChI=1S/C8H13F3N4O/c1-2-12-5-6-14-15-7(16-6)13-4-3-8(9,10)11/h12H,2-5H2,1H3,(H,13,15). The Hall–Kier alpha value is -1.31. The molecule has 0 aliphatic carbocycles. The number of alkyl halides is 3. The second kappa shape index (κ2) is 5.69. The van der Waals surface area contributed by atoms with Crippen LogP contribution in [0.2, 0.25) is 0 Å². The van der Waals surface area contributed by atoms with Crippen LogP contribution in [0.15, 0.2) is 4.42 Å². The summed E-state index contributed by atoms with van der Waals surface area (Å²) in [6, 6.07) is 0.0113. The highest BCUT2D eigenvalue weighted by Gasteiger charge is 2.26. The fourth-order valence-corrected chi connectivity index (χ4v) is 0.940. The first-order valence-corrected chi connectivity index (χ1v) is 4.85. The van der Waals surface area contributed by atoms with Crippen LogP contribution in [0, 0.1) is 0 Å². The minimum atomic E-state index is -4.18. The minimum absolute atomic E-state index is 0.0113. The third-order valence-electron chi connectivity index (χ3n) is 1.68. The van der Waals surface area contributed by atoms with Gasteiger partial charge in [0.2, 0.25) is 5.89 Å². The summed E-state index contributed by atoms with van der Waals surface area (Å²) in [5.74, 6) is 0.344. The molecule has 1 aromatic heterocycles. The maximum Gasteiger partial charge on any atom is 0.390 e. The Labute approximate surface area is 90.4 Å². The topological polar surface area (TPSA) is 63.0 Å². The van der Waals surface area contributed by atoms with Gasteiger partial charge in [0.15, 0.2) is 0 Å². The van der Waals surface area contributed by atoms with E-state index in [4.69, 9.17) is 4.42 Å². The van der Waals surface area contributed by atoms with Crippen molar-refractivity contribution in [1.29, 1.82) is 0 Å². The summed E-state index contributed by atoms with van der Waals surface area (Å²) in [5.41, 5.74) is 0. The highest BCUT2D eigenvalue weighted by Crippen LogP contribution is 2.19. The molecule has 0 radical (unpaired) electrons. The number of anilines is 1. The molecule has 5 nitrogen and oxygen atoms in total. The molecule has 0 fully saturated rings. The van der Waals surface area contributed by atoms with Crippen LogP contribution in [-0.4, -0.2) is 29.5 Å². The van der Waals surface area contributed by atoms with Gasteiger partial charge in [-0.3, -0.25) is 0 Å². The molecule has 2 N–H and O–H groups in total. The smallest absolute Gasteiger partial charge is 0.390 e. The SMILES string of the molecule is CCNCc1nnc(NCCC(F)(F)F)o1. The van der Waals surface area contributed by atoms with E-state index in [1.54, 1.807) is 0 Å². The van der Waals surface area contributed by atoms with E-state index in [1.807, 2.05) is 6.92 Å². The Bertz CT molecular complexity index is 312. The molecule has 0 aliphatic heterocycles. The molecule has 1 rings (SSSR count). The zero-order chi connectivity index (χ0) is 12.0. The van der Waals surface area contributed by atoms with E-state index in [9.17, 15) is 13.2 Å². The van der Waals surface area contributed by atoms with Crippen LogP contribution < -0.4 is 10.6 Å². The zero-order valence-corrected chi connectivity index (χ0v) is 8.76. The third-order valence-corrected chi connectivity index (χ3v) is 1.68. The average molecular weight is 238 g/mol. The van der Waals surface area contributed by atoms with Crippen LogP contribution in [0.3, 0.4) is 0 Å². The summed E-state index contributed by atoms with van der Waals surface area (Å²) in [7, 11) is 0. The van der Waals surface area contributed by atoms with Crippen molar-refractivity contribution in [3.63, 3.8) is 0 Å². The summed E-state index contributed by atoms with van der Waals surface area (Å²) in [6.07, 6.45) is -5.11. The van der Waals surface area contributed by atoms with Gasteiger partial charge in [-0.2, -0.15) is 13.2 Å². The molecule has 1 aromatic rings. The molecule has 16 heavy (non-hydrogen) atoms. The largest absolute Gasteiger partial charge is 0.407 e. The van der Waals surface area contributed by atoms with Gasteiger partial charge in [0.25, 0.3) is 0 Å². The van der Waals surface area contributed by atoms with Gasteiger partial charge in [0.05, 0.1) is 13.0 Å². The van der Waals surface area contributed by atoms with Crippen LogP contribution in [0.5, 0.6) is 0 Å². The van der Waals surface area contributed by atoms with Crippen LogP contribution in [-0.2, 0) is 6.54 Å². The monoisotopic (exact) mass is 238 g/mol. The van der Waals surface area contributed by atoms with Gasteiger partial charge in [-0.1, -0.05) is 12.0 Å². The normalized spacial score (nSPS) is 11.8. The van der Waals surface area contributed by atoms with E-state index in [2.05, 4.69) is 20.8 Å². The van der Waals surface area contributed by atoms with Crippen molar-refractivity contribution in [2.24, 2.45) is 0 Å². The predicted molar refractivity (Wildman–Crippen MR) is 50.8 cm³/mol. The molecule has 0 aromatic carbocycles. The molecule has 92 valence electrons. The van der Waals surface area contributed by atoms with Crippen molar-refractivity contribution in [3.8, 4) is 0 Å². The molecular formula is C8H13F3N4O. The molecular weight excluding hydrogens is 225 g/mol. The quantitative estimate of drug-likeness (QED) is 0.787. The van der Waals surface area contributed by atoms with Crippen molar-refractivity contribution in [2.75, 3.05) is 18.4 Å².